The first-order chi connectivity index (χ1) is 15.2. The number of Topliss-reactive ketones (excluding diaryl/α,β-unsaturated/α-hetero) is 1. The molecular weight excluding hydrogens is 408 g/mol. The fourth-order valence-electron chi connectivity index (χ4n) is 4.38. The molecule has 5 unspecified atom stereocenters. The van der Waals surface area contributed by atoms with Gasteiger partial charge in [-0.15, -0.1) is 0 Å². The zero-order chi connectivity index (χ0) is 23.5. The standard InChI is InChI=1S/C25H36N2O5/c1-6-16(2)20(13-17-7-9-19(31-5)10-8-17)23(29)26-21(22(28)25(3)15-32-25)14-18-11-12-27(4)24(18)30/h7-10,16,18,20-21H,6,11-15H2,1-5H3,(H,26,29). The van der Waals surface area contributed by atoms with E-state index in [0.717, 1.165) is 17.7 Å². The average molecular weight is 445 g/mol. The number of hydrogen-bond acceptors (Lipinski definition) is 5. The molecule has 32 heavy (non-hydrogen) atoms. The lowest BCUT2D eigenvalue weighted by Gasteiger charge is -2.27. The largest absolute Gasteiger partial charge is 0.497 e. The number of amides is 2. The smallest absolute Gasteiger partial charge is 0.225 e. The molecule has 2 aliphatic rings. The molecule has 176 valence electrons. The van der Waals surface area contributed by atoms with Crippen LogP contribution in [-0.4, -0.2) is 61.4 Å². The van der Waals surface area contributed by atoms with Gasteiger partial charge in [0, 0.05) is 25.4 Å². The van der Waals surface area contributed by atoms with Gasteiger partial charge >= 0.3 is 0 Å². The maximum absolute atomic E-state index is 13.4. The third-order valence-electron chi connectivity index (χ3n) is 7.07. The maximum atomic E-state index is 13.4. The van der Waals surface area contributed by atoms with Crippen molar-refractivity contribution in [2.24, 2.45) is 17.8 Å². The minimum Gasteiger partial charge on any atom is -0.497 e. The number of methoxy groups -OCH3 is 1. The van der Waals surface area contributed by atoms with E-state index in [-0.39, 0.29) is 35.4 Å². The quantitative estimate of drug-likeness (QED) is 0.530. The molecule has 1 aromatic rings. The molecule has 2 saturated heterocycles. The summed E-state index contributed by atoms with van der Waals surface area (Å²) in [5.74, 6) is 0.138. The molecule has 0 bridgehead atoms. The van der Waals surface area contributed by atoms with Crippen molar-refractivity contribution in [1.82, 2.24) is 10.2 Å². The third kappa shape index (κ3) is 5.49. The molecule has 0 radical (unpaired) electrons. The van der Waals surface area contributed by atoms with Crippen molar-refractivity contribution in [3.05, 3.63) is 29.8 Å². The van der Waals surface area contributed by atoms with E-state index in [2.05, 4.69) is 19.2 Å². The molecule has 0 aromatic heterocycles. The Morgan fingerprint density at radius 2 is 1.97 bits per heavy atom. The number of ketones is 1. The van der Waals surface area contributed by atoms with Gasteiger partial charge in [0.05, 0.1) is 19.8 Å². The first-order valence-electron chi connectivity index (χ1n) is 11.5. The monoisotopic (exact) mass is 444 g/mol. The molecule has 5 atom stereocenters. The summed E-state index contributed by atoms with van der Waals surface area (Å²) >= 11 is 0. The Labute approximate surface area is 190 Å². The van der Waals surface area contributed by atoms with E-state index in [0.29, 0.717) is 32.4 Å². The summed E-state index contributed by atoms with van der Waals surface area (Å²) in [6.07, 6.45) is 2.44. The average Bonchev–Trinajstić information content (AvgIpc) is 3.48. The second kappa shape index (κ2) is 10.0. The number of likely N-dealkylation sites (tertiary alicyclic amines) is 1. The Balaban J connectivity index is 1.75. The van der Waals surface area contributed by atoms with E-state index in [1.807, 2.05) is 24.3 Å². The molecule has 0 aliphatic carbocycles. The Kier molecular flexibility index (Phi) is 7.59. The molecule has 2 fully saturated rings. The highest BCUT2D eigenvalue weighted by Gasteiger charge is 2.51. The number of nitrogens with one attached hydrogen (secondary N) is 1. The highest BCUT2D eigenvalue weighted by Crippen LogP contribution is 2.32. The van der Waals surface area contributed by atoms with Crippen molar-refractivity contribution < 1.29 is 23.9 Å². The summed E-state index contributed by atoms with van der Waals surface area (Å²) in [4.78, 5) is 40.7. The SMILES string of the molecule is CCC(C)C(Cc1ccc(OC)cc1)C(=O)NC(CC1CCN(C)C1=O)C(=O)C1(C)CO1. The number of carbonyl (C=O) groups excluding carboxylic acids is 3. The first kappa shape index (κ1) is 24.2. The van der Waals surface area contributed by atoms with E-state index < -0.39 is 11.6 Å². The molecule has 1 aromatic carbocycles. The van der Waals surface area contributed by atoms with Gasteiger partial charge in [-0.2, -0.15) is 0 Å². The number of hydrogen-bond donors (Lipinski definition) is 1. The second-order valence-electron chi connectivity index (χ2n) is 9.47. The van der Waals surface area contributed by atoms with Gasteiger partial charge in [0.2, 0.25) is 11.8 Å². The topological polar surface area (TPSA) is 88.2 Å². The highest BCUT2D eigenvalue weighted by molar-refractivity contribution is 5.97. The van der Waals surface area contributed by atoms with Crippen molar-refractivity contribution in [3.63, 3.8) is 0 Å². The number of ether oxygens (including phenoxy) is 2. The van der Waals surface area contributed by atoms with Crippen LogP contribution in [0.5, 0.6) is 5.75 Å². The van der Waals surface area contributed by atoms with E-state index >= 15 is 0 Å². The molecule has 2 amide bonds. The third-order valence-corrected chi connectivity index (χ3v) is 7.07. The summed E-state index contributed by atoms with van der Waals surface area (Å²) in [6.45, 7) is 6.91. The summed E-state index contributed by atoms with van der Waals surface area (Å²) in [7, 11) is 3.40. The van der Waals surface area contributed by atoms with Crippen LogP contribution in [0.25, 0.3) is 0 Å². The summed E-state index contributed by atoms with van der Waals surface area (Å²) in [6, 6.07) is 6.99. The van der Waals surface area contributed by atoms with Crippen LogP contribution in [-0.2, 0) is 25.5 Å². The van der Waals surface area contributed by atoms with Gasteiger partial charge < -0.3 is 19.7 Å². The number of benzene rings is 1. The minimum atomic E-state index is -0.854. The fraction of sp³-hybridized carbons (Fsp3) is 0.640. The number of carbonyl (C=O) groups is 3. The highest BCUT2D eigenvalue weighted by atomic mass is 16.6. The van der Waals surface area contributed by atoms with Crippen molar-refractivity contribution >= 4 is 17.6 Å². The first-order valence-corrected chi connectivity index (χ1v) is 11.5. The second-order valence-corrected chi connectivity index (χ2v) is 9.47. The van der Waals surface area contributed by atoms with Gasteiger partial charge in [-0.25, -0.2) is 0 Å². The van der Waals surface area contributed by atoms with E-state index in [1.54, 1.807) is 26.0 Å². The normalized spacial score (nSPS) is 25.2. The molecule has 0 spiro atoms. The molecule has 7 heteroatoms. The van der Waals surface area contributed by atoms with Crippen LogP contribution in [0.2, 0.25) is 0 Å². The van der Waals surface area contributed by atoms with Crippen LogP contribution in [0.1, 0.15) is 45.6 Å². The van der Waals surface area contributed by atoms with Crippen molar-refractivity contribution in [1.29, 1.82) is 0 Å². The Bertz CT molecular complexity index is 833. The Morgan fingerprint density at radius 1 is 1.31 bits per heavy atom. The lowest BCUT2D eigenvalue weighted by Crippen LogP contribution is -2.50. The van der Waals surface area contributed by atoms with Gasteiger partial charge in [-0.3, -0.25) is 14.4 Å². The summed E-state index contributed by atoms with van der Waals surface area (Å²) < 4.78 is 10.6. The molecule has 2 heterocycles. The number of rotatable bonds is 11. The van der Waals surface area contributed by atoms with Gasteiger partial charge in [-0.1, -0.05) is 32.4 Å². The Morgan fingerprint density at radius 3 is 2.47 bits per heavy atom. The van der Waals surface area contributed by atoms with Crippen LogP contribution in [0.15, 0.2) is 24.3 Å². The van der Waals surface area contributed by atoms with Crippen LogP contribution < -0.4 is 10.1 Å². The lowest BCUT2D eigenvalue weighted by atomic mass is 9.84. The summed E-state index contributed by atoms with van der Waals surface area (Å²) in [5, 5.41) is 3.02. The van der Waals surface area contributed by atoms with Crippen LogP contribution >= 0.6 is 0 Å². The fourth-order valence-corrected chi connectivity index (χ4v) is 4.38. The maximum Gasteiger partial charge on any atom is 0.225 e. The van der Waals surface area contributed by atoms with Gasteiger partial charge in [0.25, 0.3) is 0 Å². The molecule has 0 saturated carbocycles. The zero-order valence-corrected chi connectivity index (χ0v) is 19.8. The molecule has 2 aliphatic heterocycles. The van der Waals surface area contributed by atoms with Crippen molar-refractivity contribution in [2.75, 3.05) is 27.3 Å². The summed E-state index contributed by atoms with van der Waals surface area (Å²) in [5.41, 5.74) is 0.187. The number of nitrogens with zero attached hydrogens (tertiary/aromatic N) is 1. The zero-order valence-electron chi connectivity index (χ0n) is 19.8. The molecular formula is C25H36N2O5. The lowest BCUT2D eigenvalue weighted by molar-refractivity contribution is -0.135. The van der Waals surface area contributed by atoms with Gasteiger partial charge in [0.15, 0.2) is 5.78 Å². The van der Waals surface area contributed by atoms with E-state index in [1.165, 1.54) is 0 Å². The van der Waals surface area contributed by atoms with E-state index in [9.17, 15) is 14.4 Å². The van der Waals surface area contributed by atoms with Gasteiger partial charge in [-0.05, 0) is 49.8 Å². The van der Waals surface area contributed by atoms with Crippen molar-refractivity contribution in [2.45, 2.75) is 58.1 Å². The molecule has 1 N–H and O–H groups in total. The van der Waals surface area contributed by atoms with Crippen LogP contribution in [0, 0.1) is 17.8 Å². The number of epoxide rings is 1. The predicted octanol–water partition coefficient (Wildman–Crippen LogP) is 2.61. The van der Waals surface area contributed by atoms with Crippen LogP contribution in [0.4, 0.5) is 0 Å². The Hall–Kier alpha value is -2.41. The predicted molar refractivity (Wildman–Crippen MR) is 121 cm³/mol. The van der Waals surface area contributed by atoms with Gasteiger partial charge in [0.1, 0.15) is 11.4 Å². The molecule has 7 nitrogen and oxygen atoms in total. The van der Waals surface area contributed by atoms with Crippen molar-refractivity contribution in [3.8, 4) is 5.75 Å². The minimum absolute atomic E-state index is 0.0376. The molecule has 3 rings (SSSR count). The van der Waals surface area contributed by atoms with Crippen LogP contribution in [0.3, 0.4) is 0 Å². The van der Waals surface area contributed by atoms with E-state index in [4.69, 9.17) is 9.47 Å².